The molecule has 2 N–H and O–H groups in total. The Morgan fingerprint density at radius 1 is 0.900 bits per heavy atom. The van der Waals surface area contributed by atoms with Crippen molar-refractivity contribution in [1.29, 1.82) is 0 Å². The first kappa shape index (κ1) is 27.0. The van der Waals surface area contributed by atoms with Crippen molar-refractivity contribution in [3.63, 3.8) is 0 Å². The Bertz CT molecular complexity index is 1550. The van der Waals surface area contributed by atoms with E-state index >= 15 is 0 Å². The Balaban J connectivity index is 1.30. The number of aromatic nitrogens is 2. The van der Waals surface area contributed by atoms with E-state index in [0.717, 1.165) is 15.7 Å². The Morgan fingerprint density at radius 3 is 2.35 bits per heavy atom. The van der Waals surface area contributed by atoms with Gasteiger partial charge in [0.2, 0.25) is 0 Å². The van der Waals surface area contributed by atoms with Crippen LogP contribution in [0, 0.1) is 0 Å². The predicted molar refractivity (Wildman–Crippen MR) is 154 cm³/mol. The molecule has 0 bridgehead atoms. The Hall–Kier alpha value is -4.61. The van der Waals surface area contributed by atoms with Gasteiger partial charge in [-0.3, -0.25) is 14.4 Å². The fraction of sp³-hybridized carbons (Fsp3) is 0.138. The second kappa shape index (κ2) is 12.5. The van der Waals surface area contributed by atoms with Gasteiger partial charge in [-0.1, -0.05) is 58.4 Å². The van der Waals surface area contributed by atoms with Gasteiger partial charge in [-0.2, -0.15) is 10.2 Å². The number of carbonyl (C=O) groups excluding carboxylic acids is 3. The molecule has 0 unspecified atom stereocenters. The second-order valence-electron chi connectivity index (χ2n) is 8.82. The van der Waals surface area contributed by atoms with Crippen molar-refractivity contribution in [2.45, 2.75) is 0 Å². The summed E-state index contributed by atoms with van der Waals surface area (Å²) in [5, 5.41) is 11.2. The van der Waals surface area contributed by atoms with Crippen LogP contribution in [0.2, 0.25) is 0 Å². The number of para-hydroxylation sites is 2. The van der Waals surface area contributed by atoms with Gasteiger partial charge in [0.15, 0.2) is 0 Å². The third-order valence-corrected chi connectivity index (χ3v) is 6.69. The van der Waals surface area contributed by atoms with E-state index in [1.165, 1.54) is 6.21 Å². The third-order valence-electron chi connectivity index (χ3n) is 6.16. The van der Waals surface area contributed by atoms with E-state index in [1.54, 1.807) is 40.0 Å². The molecule has 0 spiro atoms. The highest BCUT2D eigenvalue weighted by Crippen LogP contribution is 2.24. The summed E-state index contributed by atoms with van der Waals surface area (Å²) in [7, 11) is 0. The predicted octanol–water partition coefficient (Wildman–Crippen LogP) is 3.86. The number of nitrogens with one attached hydrogen (secondary N) is 2. The van der Waals surface area contributed by atoms with Gasteiger partial charge in [0.1, 0.15) is 5.69 Å². The van der Waals surface area contributed by atoms with Crippen LogP contribution >= 0.6 is 15.9 Å². The van der Waals surface area contributed by atoms with Gasteiger partial charge >= 0.3 is 11.8 Å². The number of amides is 3. The molecule has 0 aliphatic carbocycles. The molecule has 10 nitrogen and oxygen atoms in total. The lowest BCUT2D eigenvalue weighted by Gasteiger charge is -2.27. The Labute approximate surface area is 238 Å². The molecule has 40 heavy (non-hydrogen) atoms. The standard InChI is InChI=1S/C29H25BrN6O4/c30-22-12-10-20(11-13-22)26-21(19-36(34-26)23-6-2-1-3-7-23)18-31-33-28(38)27(37)32-25-9-5-4-8-24(25)29(39)35-14-16-40-17-15-35/h1-13,18-19H,14-17H2,(H,32,37)(H,33,38)/b31-18+. The largest absolute Gasteiger partial charge is 0.378 e. The first-order chi connectivity index (χ1) is 19.5. The highest BCUT2D eigenvalue weighted by Gasteiger charge is 2.23. The Morgan fingerprint density at radius 2 is 1.60 bits per heavy atom. The maximum atomic E-state index is 13.0. The van der Waals surface area contributed by atoms with Gasteiger partial charge < -0.3 is 15.0 Å². The summed E-state index contributed by atoms with van der Waals surface area (Å²) in [6.07, 6.45) is 3.22. The van der Waals surface area contributed by atoms with Crippen molar-refractivity contribution in [2.24, 2.45) is 5.10 Å². The summed E-state index contributed by atoms with van der Waals surface area (Å²) >= 11 is 3.44. The number of rotatable bonds is 6. The zero-order valence-electron chi connectivity index (χ0n) is 21.3. The SMILES string of the molecule is O=C(N/N=C/c1cn(-c2ccccc2)nc1-c1ccc(Br)cc1)C(=O)Nc1ccccc1C(=O)N1CCOCC1. The minimum absolute atomic E-state index is 0.241. The van der Waals surface area contributed by atoms with Crippen molar-refractivity contribution in [1.82, 2.24) is 20.1 Å². The topological polar surface area (TPSA) is 118 Å². The first-order valence-electron chi connectivity index (χ1n) is 12.5. The molecule has 202 valence electrons. The average molecular weight is 601 g/mol. The number of hydrogen-bond acceptors (Lipinski definition) is 6. The Kier molecular flexibility index (Phi) is 8.43. The van der Waals surface area contributed by atoms with Gasteiger partial charge in [0.05, 0.1) is 36.4 Å². The number of morpholine rings is 1. The molecular formula is C29H25BrN6O4. The minimum atomic E-state index is -0.981. The molecule has 0 atom stereocenters. The van der Waals surface area contributed by atoms with Crippen LogP contribution in [0.5, 0.6) is 0 Å². The van der Waals surface area contributed by atoms with E-state index in [1.807, 2.05) is 54.6 Å². The molecule has 2 heterocycles. The highest BCUT2D eigenvalue weighted by molar-refractivity contribution is 9.10. The van der Waals surface area contributed by atoms with Crippen LogP contribution < -0.4 is 10.7 Å². The molecule has 11 heteroatoms. The quantitative estimate of drug-likeness (QED) is 0.198. The number of carbonyl (C=O) groups is 3. The van der Waals surface area contributed by atoms with Crippen molar-refractivity contribution >= 4 is 45.6 Å². The van der Waals surface area contributed by atoms with Crippen LogP contribution in [0.3, 0.4) is 0 Å². The number of benzene rings is 3. The summed E-state index contributed by atoms with van der Waals surface area (Å²) in [5.41, 5.74) is 5.78. The van der Waals surface area contributed by atoms with E-state index < -0.39 is 11.8 Å². The number of hydrazone groups is 1. The van der Waals surface area contributed by atoms with E-state index in [2.05, 4.69) is 31.8 Å². The van der Waals surface area contributed by atoms with Crippen LogP contribution in [-0.4, -0.2) is 64.9 Å². The van der Waals surface area contributed by atoms with Crippen LogP contribution in [0.1, 0.15) is 15.9 Å². The third kappa shape index (κ3) is 6.33. The van der Waals surface area contributed by atoms with Crippen LogP contribution in [0.4, 0.5) is 5.69 Å². The fourth-order valence-corrected chi connectivity index (χ4v) is 4.40. The molecule has 1 aromatic heterocycles. The van der Waals surface area contributed by atoms with E-state index in [-0.39, 0.29) is 11.6 Å². The second-order valence-corrected chi connectivity index (χ2v) is 9.74. The molecule has 0 radical (unpaired) electrons. The lowest BCUT2D eigenvalue weighted by molar-refractivity contribution is -0.136. The highest BCUT2D eigenvalue weighted by atomic mass is 79.9. The number of anilines is 1. The number of halogens is 1. The van der Waals surface area contributed by atoms with Crippen LogP contribution in [0.15, 0.2) is 94.6 Å². The normalized spacial score (nSPS) is 13.3. The summed E-state index contributed by atoms with van der Waals surface area (Å²) < 4.78 is 7.95. The maximum Gasteiger partial charge on any atom is 0.329 e. The van der Waals surface area contributed by atoms with E-state index in [0.29, 0.717) is 43.1 Å². The van der Waals surface area contributed by atoms with Gasteiger partial charge in [0, 0.05) is 34.9 Å². The summed E-state index contributed by atoms with van der Waals surface area (Å²) in [6.45, 7) is 1.82. The monoisotopic (exact) mass is 600 g/mol. The lowest BCUT2D eigenvalue weighted by atomic mass is 10.1. The molecule has 0 saturated carbocycles. The summed E-state index contributed by atoms with van der Waals surface area (Å²) in [4.78, 5) is 39.8. The summed E-state index contributed by atoms with van der Waals surface area (Å²) in [6, 6.07) is 23.8. The molecule has 4 aromatic rings. The first-order valence-corrected chi connectivity index (χ1v) is 13.3. The summed E-state index contributed by atoms with van der Waals surface area (Å²) in [5.74, 6) is -2.17. The fourth-order valence-electron chi connectivity index (χ4n) is 4.13. The van der Waals surface area contributed by atoms with E-state index in [4.69, 9.17) is 9.84 Å². The molecule has 1 aliphatic heterocycles. The molecule has 5 rings (SSSR count). The molecule has 3 aromatic carbocycles. The van der Waals surface area contributed by atoms with Crippen molar-refractivity contribution in [2.75, 3.05) is 31.6 Å². The number of nitrogens with zero attached hydrogens (tertiary/aromatic N) is 4. The number of hydrogen-bond donors (Lipinski definition) is 2. The van der Waals surface area contributed by atoms with Gasteiger partial charge in [-0.15, -0.1) is 0 Å². The molecule has 1 aliphatic rings. The van der Waals surface area contributed by atoms with Crippen molar-refractivity contribution in [3.8, 4) is 16.9 Å². The van der Waals surface area contributed by atoms with E-state index in [9.17, 15) is 14.4 Å². The van der Waals surface area contributed by atoms with Crippen LogP contribution in [-0.2, 0) is 14.3 Å². The van der Waals surface area contributed by atoms with Crippen molar-refractivity contribution < 1.29 is 19.1 Å². The molecular weight excluding hydrogens is 576 g/mol. The maximum absolute atomic E-state index is 13.0. The van der Waals surface area contributed by atoms with Crippen molar-refractivity contribution in [3.05, 3.63) is 101 Å². The lowest BCUT2D eigenvalue weighted by Crippen LogP contribution is -2.41. The molecule has 3 amide bonds. The molecule has 1 saturated heterocycles. The van der Waals surface area contributed by atoms with Gasteiger partial charge in [0.25, 0.3) is 5.91 Å². The van der Waals surface area contributed by atoms with Crippen LogP contribution in [0.25, 0.3) is 16.9 Å². The number of ether oxygens (including phenoxy) is 1. The zero-order valence-corrected chi connectivity index (χ0v) is 22.9. The molecule has 1 fully saturated rings. The zero-order chi connectivity index (χ0) is 27.9. The minimum Gasteiger partial charge on any atom is -0.378 e. The smallest absolute Gasteiger partial charge is 0.329 e. The van der Waals surface area contributed by atoms with Gasteiger partial charge in [-0.05, 0) is 36.4 Å². The average Bonchev–Trinajstić information content (AvgIpc) is 3.42. The van der Waals surface area contributed by atoms with Gasteiger partial charge in [-0.25, -0.2) is 10.1 Å².